The molecule has 0 saturated carbocycles. The van der Waals surface area contributed by atoms with Crippen LogP contribution >= 0.6 is 0 Å². The lowest BCUT2D eigenvalue weighted by molar-refractivity contribution is -0.129. The molecule has 1 aliphatic rings. The first-order valence-electron chi connectivity index (χ1n) is 7.03. The average molecular weight is 278 g/mol. The van der Waals surface area contributed by atoms with Gasteiger partial charge in [0.1, 0.15) is 0 Å². The predicted octanol–water partition coefficient (Wildman–Crippen LogP) is 1.69. The number of hydrogen-bond acceptors (Lipinski definition) is 5. The monoisotopic (exact) mass is 278 g/mol. The molecule has 1 amide bonds. The lowest BCUT2D eigenvalue weighted by Crippen LogP contribution is -2.37. The van der Waals surface area contributed by atoms with Crippen molar-refractivity contribution in [3.63, 3.8) is 0 Å². The van der Waals surface area contributed by atoms with Gasteiger partial charge in [-0.25, -0.2) is 9.97 Å². The van der Waals surface area contributed by atoms with Gasteiger partial charge in [-0.1, -0.05) is 6.92 Å². The molecule has 1 saturated heterocycles. The summed E-state index contributed by atoms with van der Waals surface area (Å²) in [5.74, 6) is 0.537. The Labute approximate surface area is 119 Å². The summed E-state index contributed by atoms with van der Waals surface area (Å²) in [4.78, 5) is 22.5. The van der Waals surface area contributed by atoms with E-state index >= 15 is 0 Å². The maximum absolute atomic E-state index is 12.3. The summed E-state index contributed by atoms with van der Waals surface area (Å²) in [6, 6.07) is 0. The van der Waals surface area contributed by atoms with Gasteiger partial charge >= 0.3 is 0 Å². The molecule has 0 spiro atoms. The molecule has 1 fully saturated rings. The number of hydrogen-bond donors (Lipinski definition) is 1. The summed E-state index contributed by atoms with van der Waals surface area (Å²) in [6.07, 6.45) is 5.95. The molecule has 2 heterocycles. The van der Waals surface area contributed by atoms with Crippen molar-refractivity contribution in [3.05, 3.63) is 12.4 Å². The standard InChI is InChI=1S/C14H22N4O2/c1-4-12-11(6-5-7-20-12)13(19)17-10-8-15-14(16-9-10)18(2)3/h8-9,11-12H,4-7H2,1-3H3,(H,17,19)/t11-,12-/m0/s1. The van der Waals surface area contributed by atoms with Gasteiger partial charge in [0.25, 0.3) is 0 Å². The van der Waals surface area contributed by atoms with Crippen LogP contribution in [0.4, 0.5) is 11.6 Å². The summed E-state index contributed by atoms with van der Waals surface area (Å²) < 4.78 is 5.65. The summed E-state index contributed by atoms with van der Waals surface area (Å²) >= 11 is 0. The molecule has 0 aromatic carbocycles. The first-order valence-corrected chi connectivity index (χ1v) is 7.03. The Morgan fingerprint density at radius 2 is 2.15 bits per heavy atom. The highest BCUT2D eigenvalue weighted by atomic mass is 16.5. The molecular weight excluding hydrogens is 256 g/mol. The number of carbonyl (C=O) groups is 1. The van der Waals surface area contributed by atoms with E-state index in [0.29, 0.717) is 11.6 Å². The summed E-state index contributed by atoms with van der Waals surface area (Å²) in [7, 11) is 3.75. The van der Waals surface area contributed by atoms with E-state index < -0.39 is 0 Å². The molecule has 2 atom stereocenters. The Bertz CT molecular complexity index is 447. The van der Waals surface area contributed by atoms with Gasteiger partial charge in [-0.2, -0.15) is 0 Å². The first kappa shape index (κ1) is 14.7. The quantitative estimate of drug-likeness (QED) is 0.907. The third-order valence-corrected chi connectivity index (χ3v) is 3.49. The number of carbonyl (C=O) groups excluding carboxylic acids is 1. The predicted molar refractivity (Wildman–Crippen MR) is 77.7 cm³/mol. The van der Waals surface area contributed by atoms with Gasteiger partial charge in [0.15, 0.2) is 0 Å². The van der Waals surface area contributed by atoms with Crippen molar-refractivity contribution >= 4 is 17.5 Å². The van der Waals surface area contributed by atoms with Crippen LogP contribution in [0.5, 0.6) is 0 Å². The summed E-state index contributed by atoms with van der Waals surface area (Å²) in [5, 5.41) is 2.88. The Kier molecular flexibility index (Phi) is 4.89. The van der Waals surface area contributed by atoms with Crippen molar-refractivity contribution in [1.82, 2.24) is 9.97 Å². The van der Waals surface area contributed by atoms with Crippen molar-refractivity contribution in [1.29, 1.82) is 0 Å². The average Bonchev–Trinajstić information content (AvgIpc) is 2.47. The van der Waals surface area contributed by atoms with Crippen molar-refractivity contribution in [2.24, 2.45) is 5.92 Å². The maximum atomic E-state index is 12.3. The van der Waals surface area contributed by atoms with Crippen LogP contribution < -0.4 is 10.2 Å². The van der Waals surface area contributed by atoms with Crippen LogP contribution in [0.15, 0.2) is 12.4 Å². The van der Waals surface area contributed by atoms with E-state index in [1.54, 1.807) is 12.4 Å². The van der Waals surface area contributed by atoms with E-state index in [2.05, 4.69) is 15.3 Å². The number of amides is 1. The number of nitrogens with one attached hydrogen (secondary N) is 1. The number of nitrogens with zero attached hydrogens (tertiary/aromatic N) is 3. The lowest BCUT2D eigenvalue weighted by Gasteiger charge is -2.29. The molecule has 1 aromatic rings. The van der Waals surface area contributed by atoms with E-state index in [1.807, 2.05) is 25.9 Å². The van der Waals surface area contributed by atoms with Gasteiger partial charge in [0.05, 0.1) is 30.1 Å². The van der Waals surface area contributed by atoms with Crippen LogP contribution in [0.1, 0.15) is 26.2 Å². The Balaban J connectivity index is 1.99. The van der Waals surface area contributed by atoms with Gasteiger partial charge in [0, 0.05) is 20.7 Å². The highest BCUT2D eigenvalue weighted by molar-refractivity contribution is 5.92. The van der Waals surface area contributed by atoms with E-state index in [1.165, 1.54) is 0 Å². The molecule has 20 heavy (non-hydrogen) atoms. The molecule has 0 unspecified atom stereocenters. The fraction of sp³-hybridized carbons (Fsp3) is 0.643. The Morgan fingerprint density at radius 1 is 1.45 bits per heavy atom. The van der Waals surface area contributed by atoms with Gasteiger partial charge in [-0.3, -0.25) is 4.79 Å². The fourth-order valence-corrected chi connectivity index (χ4v) is 2.39. The third kappa shape index (κ3) is 3.45. The fourth-order valence-electron chi connectivity index (χ4n) is 2.39. The molecule has 6 heteroatoms. The van der Waals surface area contributed by atoms with E-state index in [9.17, 15) is 4.79 Å². The minimum atomic E-state index is -0.0812. The minimum Gasteiger partial charge on any atom is -0.377 e. The molecule has 0 radical (unpaired) electrons. The normalized spacial score (nSPS) is 22.4. The van der Waals surface area contributed by atoms with E-state index in [0.717, 1.165) is 25.9 Å². The smallest absolute Gasteiger partial charge is 0.230 e. The Morgan fingerprint density at radius 3 is 2.75 bits per heavy atom. The number of rotatable bonds is 4. The third-order valence-electron chi connectivity index (χ3n) is 3.49. The van der Waals surface area contributed by atoms with Crippen LogP contribution in [0.3, 0.4) is 0 Å². The molecule has 6 nitrogen and oxygen atoms in total. The van der Waals surface area contributed by atoms with Crippen molar-refractivity contribution in [2.45, 2.75) is 32.3 Å². The Hall–Kier alpha value is -1.69. The number of ether oxygens (including phenoxy) is 1. The molecule has 1 aromatic heterocycles. The zero-order chi connectivity index (χ0) is 14.5. The van der Waals surface area contributed by atoms with Crippen molar-refractivity contribution in [3.8, 4) is 0 Å². The van der Waals surface area contributed by atoms with E-state index in [4.69, 9.17) is 4.74 Å². The topological polar surface area (TPSA) is 67.3 Å². The molecule has 0 aliphatic carbocycles. The molecule has 1 aliphatic heterocycles. The zero-order valence-corrected chi connectivity index (χ0v) is 12.3. The van der Waals surface area contributed by atoms with Crippen LogP contribution in [0, 0.1) is 5.92 Å². The minimum absolute atomic E-state index is 0.00208. The van der Waals surface area contributed by atoms with Gasteiger partial charge < -0.3 is 15.0 Å². The second-order valence-corrected chi connectivity index (χ2v) is 5.22. The van der Waals surface area contributed by atoms with Gasteiger partial charge in [-0.05, 0) is 19.3 Å². The largest absolute Gasteiger partial charge is 0.377 e. The van der Waals surface area contributed by atoms with Crippen molar-refractivity contribution < 1.29 is 9.53 Å². The van der Waals surface area contributed by atoms with Crippen molar-refractivity contribution in [2.75, 3.05) is 30.9 Å². The second-order valence-electron chi connectivity index (χ2n) is 5.22. The molecular formula is C14H22N4O2. The van der Waals surface area contributed by atoms with Gasteiger partial charge in [0.2, 0.25) is 11.9 Å². The lowest BCUT2D eigenvalue weighted by atomic mass is 9.92. The van der Waals surface area contributed by atoms with Crippen LogP contribution in [-0.2, 0) is 9.53 Å². The van der Waals surface area contributed by atoms with Crippen LogP contribution in [0.2, 0.25) is 0 Å². The molecule has 110 valence electrons. The molecule has 2 rings (SSSR count). The second kappa shape index (κ2) is 6.65. The SMILES string of the molecule is CC[C@@H]1OCCC[C@@H]1C(=O)Nc1cnc(N(C)C)nc1. The molecule has 1 N–H and O–H groups in total. The highest BCUT2D eigenvalue weighted by Gasteiger charge is 2.30. The van der Waals surface area contributed by atoms with E-state index in [-0.39, 0.29) is 17.9 Å². The number of aromatic nitrogens is 2. The molecule has 0 bridgehead atoms. The van der Waals surface area contributed by atoms with Crippen LogP contribution in [-0.4, -0.2) is 42.7 Å². The number of anilines is 2. The first-order chi connectivity index (χ1) is 9.61. The highest BCUT2D eigenvalue weighted by Crippen LogP contribution is 2.24. The zero-order valence-electron chi connectivity index (χ0n) is 12.3. The maximum Gasteiger partial charge on any atom is 0.230 e. The summed E-state index contributed by atoms with van der Waals surface area (Å²) in [5.41, 5.74) is 0.626. The van der Waals surface area contributed by atoms with Crippen LogP contribution in [0.25, 0.3) is 0 Å². The van der Waals surface area contributed by atoms with Gasteiger partial charge in [-0.15, -0.1) is 0 Å². The summed E-state index contributed by atoms with van der Waals surface area (Å²) in [6.45, 7) is 2.80.